The Morgan fingerprint density at radius 3 is 2.39 bits per heavy atom. The Labute approximate surface area is 165 Å². The summed E-state index contributed by atoms with van der Waals surface area (Å²) in [6, 6.07) is 14.0. The van der Waals surface area contributed by atoms with Crippen molar-refractivity contribution in [2.75, 3.05) is 0 Å². The summed E-state index contributed by atoms with van der Waals surface area (Å²) < 4.78 is 14.5. The van der Waals surface area contributed by atoms with Crippen LogP contribution in [-0.2, 0) is 5.41 Å². The van der Waals surface area contributed by atoms with Crippen molar-refractivity contribution in [2.45, 2.75) is 26.2 Å². The maximum atomic E-state index is 12.4. The quantitative estimate of drug-likeness (QED) is 0.405. The fourth-order valence-electron chi connectivity index (χ4n) is 3.95. The molecule has 2 aromatic heterocycles. The molecule has 138 valence electrons. The van der Waals surface area contributed by atoms with Gasteiger partial charge >= 0.3 is 5.63 Å². The van der Waals surface area contributed by atoms with Crippen LogP contribution in [0.15, 0.2) is 51.7 Å². The molecule has 0 saturated carbocycles. The van der Waals surface area contributed by atoms with Gasteiger partial charge in [-0.05, 0) is 34.1 Å². The van der Waals surface area contributed by atoms with E-state index in [1.165, 1.54) is 17.3 Å². The van der Waals surface area contributed by atoms with Crippen LogP contribution < -0.4 is 11.0 Å². The van der Waals surface area contributed by atoms with E-state index in [2.05, 4.69) is 54.3 Å². The molecule has 5 aromatic rings. The van der Waals surface area contributed by atoms with Crippen LogP contribution in [0.4, 0.5) is 0 Å². The van der Waals surface area contributed by atoms with E-state index in [-0.39, 0.29) is 11.0 Å². The molecular formula is C23H18N2O2S. The summed E-state index contributed by atoms with van der Waals surface area (Å²) >= 11 is 1.23. The van der Waals surface area contributed by atoms with E-state index in [4.69, 9.17) is 4.42 Å². The van der Waals surface area contributed by atoms with Gasteiger partial charge < -0.3 is 4.42 Å². The van der Waals surface area contributed by atoms with E-state index in [1.807, 2.05) is 18.2 Å². The van der Waals surface area contributed by atoms with E-state index in [0.29, 0.717) is 10.8 Å². The van der Waals surface area contributed by atoms with Crippen LogP contribution in [0, 0.1) is 0 Å². The first-order chi connectivity index (χ1) is 13.4. The summed E-state index contributed by atoms with van der Waals surface area (Å²) in [7, 11) is 0. The lowest BCUT2D eigenvalue weighted by Crippen LogP contribution is -2.12. The zero-order chi connectivity index (χ0) is 19.6. The highest BCUT2D eigenvalue weighted by atomic mass is 32.1. The number of aromatic nitrogens is 2. The van der Waals surface area contributed by atoms with Crippen molar-refractivity contribution in [3.63, 3.8) is 0 Å². The average Bonchev–Trinajstić information content (AvgIpc) is 3.14. The van der Waals surface area contributed by atoms with Gasteiger partial charge in [0.1, 0.15) is 16.4 Å². The third-order valence-corrected chi connectivity index (χ3v) is 5.82. The van der Waals surface area contributed by atoms with Crippen LogP contribution in [0.2, 0.25) is 0 Å². The SMILES string of the molecule is C=c1oc(=O)c2cccc3c(-c4ccc(C(C)(C)C)c5nsnc45)ccc1c32. The summed E-state index contributed by atoms with van der Waals surface area (Å²) in [5, 5.41) is 3.30. The standard InChI is InChI=1S/C23H18N2O2S/c1-12-13-8-9-14(15-6-5-7-17(19(13)15)22(26)27-12)16-10-11-18(23(2,3)4)21-20(16)24-28-25-21/h5-11H,1H2,2-4H3. The number of fused-ring (bicyclic) bond motifs is 1. The highest BCUT2D eigenvalue weighted by Gasteiger charge is 2.22. The van der Waals surface area contributed by atoms with Crippen molar-refractivity contribution in [1.29, 1.82) is 0 Å². The molecule has 0 atom stereocenters. The first kappa shape index (κ1) is 17.1. The van der Waals surface area contributed by atoms with E-state index in [9.17, 15) is 4.79 Å². The van der Waals surface area contributed by atoms with Crippen LogP contribution in [0.5, 0.6) is 0 Å². The predicted molar refractivity (Wildman–Crippen MR) is 116 cm³/mol. The molecule has 2 heterocycles. The summed E-state index contributed by atoms with van der Waals surface area (Å²) in [6.07, 6.45) is 0. The van der Waals surface area contributed by atoms with Gasteiger partial charge in [0.15, 0.2) is 0 Å². The minimum absolute atomic E-state index is 0.0199. The third kappa shape index (κ3) is 2.33. The van der Waals surface area contributed by atoms with Gasteiger partial charge in [-0.25, -0.2) is 4.79 Å². The third-order valence-electron chi connectivity index (χ3n) is 5.29. The van der Waals surface area contributed by atoms with Crippen molar-refractivity contribution >= 4 is 50.9 Å². The molecule has 0 aliphatic carbocycles. The highest BCUT2D eigenvalue weighted by Crippen LogP contribution is 2.38. The zero-order valence-corrected chi connectivity index (χ0v) is 16.7. The molecule has 0 unspecified atom stereocenters. The number of rotatable bonds is 1. The molecule has 5 heteroatoms. The summed E-state index contributed by atoms with van der Waals surface area (Å²) in [6.45, 7) is 10.5. The second kappa shape index (κ2) is 5.72. The predicted octanol–water partition coefficient (Wildman–Crippen LogP) is 5.04. The molecule has 0 N–H and O–H groups in total. The lowest BCUT2D eigenvalue weighted by atomic mass is 9.84. The summed E-state index contributed by atoms with van der Waals surface area (Å²) in [5.41, 5.74) is 5.08. The lowest BCUT2D eigenvalue weighted by Gasteiger charge is -2.20. The van der Waals surface area contributed by atoms with Crippen LogP contribution in [0.3, 0.4) is 0 Å². The summed E-state index contributed by atoms with van der Waals surface area (Å²) in [5.74, 6) is 0. The molecule has 0 spiro atoms. The molecule has 3 aromatic carbocycles. The van der Waals surface area contributed by atoms with Crippen molar-refractivity contribution in [2.24, 2.45) is 0 Å². The molecule has 0 aliphatic heterocycles. The fraction of sp³-hybridized carbons (Fsp3) is 0.174. The molecule has 0 saturated heterocycles. The van der Waals surface area contributed by atoms with Gasteiger partial charge in [0.2, 0.25) is 0 Å². The summed E-state index contributed by atoms with van der Waals surface area (Å²) in [4.78, 5) is 12.4. The largest absolute Gasteiger partial charge is 0.423 e. The average molecular weight is 386 g/mol. The first-order valence-corrected chi connectivity index (χ1v) is 9.82. The molecular weight excluding hydrogens is 368 g/mol. The zero-order valence-electron chi connectivity index (χ0n) is 15.9. The normalized spacial score (nSPS) is 12.4. The van der Waals surface area contributed by atoms with E-state index in [1.54, 1.807) is 6.07 Å². The van der Waals surface area contributed by atoms with Gasteiger partial charge in [-0.3, -0.25) is 0 Å². The van der Waals surface area contributed by atoms with Gasteiger partial charge in [-0.1, -0.05) is 57.7 Å². The van der Waals surface area contributed by atoms with Crippen LogP contribution in [0.25, 0.3) is 50.3 Å². The molecule has 4 nitrogen and oxygen atoms in total. The molecule has 0 aliphatic rings. The fourth-order valence-corrected chi connectivity index (χ4v) is 4.53. The Morgan fingerprint density at radius 1 is 0.893 bits per heavy atom. The van der Waals surface area contributed by atoms with Crippen LogP contribution >= 0.6 is 11.7 Å². The maximum Gasteiger partial charge on any atom is 0.344 e. The van der Waals surface area contributed by atoms with Crippen molar-refractivity contribution in [3.05, 3.63) is 63.9 Å². The Hall–Kier alpha value is -3.05. The van der Waals surface area contributed by atoms with Crippen molar-refractivity contribution in [1.82, 2.24) is 8.75 Å². The monoisotopic (exact) mass is 386 g/mol. The number of hydrogen-bond acceptors (Lipinski definition) is 5. The van der Waals surface area contributed by atoms with Crippen molar-refractivity contribution < 1.29 is 4.42 Å². The van der Waals surface area contributed by atoms with Gasteiger partial charge in [-0.15, -0.1) is 0 Å². The van der Waals surface area contributed by atoms with E-state index in [0.717, 1.165) is 38.3 Å². The van der Waals surface area contributed by atoms with E-state index < -0.39 is 0 Å². The smallest absolute Gasteiger partial charge is 0.344 e. The Balaban J connectivity index is 1.92. The number of benzene rings is 3. The molecule has 0 bridgehead atoms. The van der Waals surface area contributed by atoms with Crippen LogP contribution in [0.1, 0.15) is 26.3 Å². The first-order valence-electron chi connectivity index (χ1n) is 9.09. The Kier molecular flexibility index (Phi) is 3.49. The molecule has 0 fully saturated rings. The molecule has 0 amide bonds. The van der Waals surface area contributed by atoms with Gasteiger partial charge in [0, 0.05) is 16.3 Å². The minimum atomic E-state index is -0.358. The topological polar surface area (TPSA) is 56.0 Å². The van der Waals surface area contributed by atoms with E-state index >= 15 is 0 Å². The minimum Gasteiger partial charge on any atom is -0.423 e. The Morgan fingerprint density at radius 2 is 1.61 bits per heavy atom. The molecule has 0 radical (unpaired) electrons. The Bertz CT molecular complexity index is 1460. The molecule has 5 rings (SSSR count). The number of hydrogen-bond donors (Lipinski definition) is 0. The maximum absolute atomic E-state index is 12.4. The van der Waals surface area contributed by atoms with Crippen LogP contribution in [-0.4, -0.2) is 8.75 Å². The second-order valence-electron chi connectivity index (χ2n) is 8.07. The lowest BCUT2D eigenvalue weighted by molar-refractivity contribution is 0.494. The highest BCUT2D eigenvalue weighted by molar-refractivity contribution is 7.00. The van der Waals surface area contributed by atoms with Gasteiger partial charge in [0.25, 0.3) is 0 Å². The van der Waals surface area contributed by atoms with Crippen molar-refractivity contribution in [3.8, 4) is 11.1 Å². The number of nitrogens with zero attached hydrogens (tertiary/aromatic N) is 2. The molecule has 28 heavy (non-hydrogen) atoms. The van der Waals surface area contributed by atoms with Gasteiger partial charge in [0.05, 0.1) is 17.1 Å². The van der Waals surface area contributed by atoms with Gasteiger partial charge in [-0.2, -0.15) is 8.75 Å². The second-order valence-corrected chi connectivity index (χ2v) is 8.60.